The van der Waals surface area contributed by atoms with Crippen LogP contribution in [0.5, 0.6) is 0 Å². The third-order valence-electron chi connectivity index (χ3n) is 3.09. The van der Waals surface area contributed by atoms with Crippen LogP contribution in [0.1, 0.15) is 26.2 Å². The third kappa shape index (κ3) is 4.42. The zero-order chi connectivity index (χ0) is 15.2. The van der Waals surface area contributed by atoms with Crippen LogP contribution < -0.4 is 5.32 Å². The maximum Gasteiger partial charge on any atom is 0.227 e. The Kier molecular flexibility index (Phi) is 5.10. The van der Waals surface area contributed by atoms with Crippen LogP contribution in [-0.4, -0.2) is 33.8 Å². The van der Waals surface area contributed by atoms with Crippen molar-refractivity contribution in [2.75, 3.05) is 6.54 Å². The fraction of sp³-hybridized carbons (Fsp3) is 0.500. The summed E-state index contributed by atoms with van der Waals surface area (Å²) in [4.78, 5) is 15.8. The maximum absolute atomic E-state index is 11.7. The number of aromatic nitrogens is 2. The standard InChI is InChI=1S/C14H19N3O4/c1-9(2)11(18)7-15-12(19)3-4-13-16-14(17-21-13)10-5-6-20-8-10/h5-6,8-9,11,18H,3-4,7H2,1-2H3,(H,15,19). The van der Waals surface area contributed by atoms with Crippen LogP contribution in [0.4, 0.5) is 0 Å². The Morgan fingerprint density at radius 2 is 2.29 bits per heavy atom. The van der Waals surface area contributed by atoms with Crippen LogP contribution in [0.15, 0.2) is 27.5 Å². The van der Waals surface area contributed by atoms with E-state index in [4.69, 9.17) is 8.94 Å². The molecule has 2 heterocycles. The van der Waals surface area contributed by atoms with Gasteiger partial charge >= 0.3 is 0 Å². The highest BCUT2D eigenvalue weighted by Gasteiger charge is 2.13. The Hall–Kier alpha value is -2.15. The maximum atomic E-state index is 11.7. The van der Waals surface area contributed by atoms with Gasteiger partial charge in [0.05, 0.1) is 17.9 Å². The first-order chi connectivity index (χ1) is 10.1. The van der Waals surface area contributed by atoms with Gasteiger partial charge in [0, 0.05) is 19.4 Å². The lowest BCUT2D eigenvalue weighted by Crippen LogP contribution is -2.34. The number of aliphatic hydroxyl groups is 1. The molecule has 0 saturated heterocycles. The molecule has 7 heteroatoms. The Balaban J connectivity index is 1.77. The minimum absolute atomic E-state index is 0.110. The Morgan fingerprint density at radius 1 is 1.48 bits per heavy atom. The van der Waals surface area contributed by atoms with Gasteiger partial charge in [0.25, 0.3) is 0 Å². The molecule has 0 aliphatic rings. The molecule has 114 valence electrons. The molecule has 0 bridgehead atoms. The van der Waals surface area contributed by atoms with Crippen molar-refractivity contribution in [1.29, 1.82) is 0 Å². The highest BCUT2D eigenvalue weighted by atomic mass is 16.5. The lowest BCUT2D eigenvalue weighted by molar-refractivity contribution is -0.121. The molecule has 1 amide bonds. The predicted molar refractivity (Wildman–Crippen MR) is 74.2 cm³/mol. The largest absolute Gasteiger partial charge is 0.472 e. The number of rotatable bonds is 7. The molecule has 0 spiro atoms. The second kappa shape index (κ2) is 7.03. The van der Waals surface area contributed by atoms with E-state index in [0.29, 0.717) is 18.1 Å². The highest BCUT2D eigenvalue weighted by Crippen LogP contribution is 2.16. The summed E-state index contributed by atoms with van der Waals surface area (Å²) in [5, 5.41) is 16.1. The summed E-state index contributed by atoms with van der Waals surface area (Å²) in [7, 11) is 0. The van der Waals surface area contributed by atoms with Gasteiger partial charge < -0.3 is 19.4 Å². The number of furan rings is 1. The van der Waals surface area contributed by atoms with E-state index in [0.717, 1.165) is 5.56 Å². The zero-order valence-corrected chi connectivity index (χ0v) is 12.1. The van der Waals surface area contributed by atoms with Crippen molar-refractivity contribution in [3.63, 3.8) is 0 Å². The van der Waals surface area contributed by atoms with Crippen molar-refractivity contribution in [3.05, 3.63) is 24.5 Å². The Labute approximate surface area is 122 Å². The molecule has 2 aromatic rings. The van der Waals surface area contributed by atoms with Gasteiger partial charge in [0.15, 0.2) is 0 Å². The quantitative estimate of drug-likeness (QED) is 0.800. The van der Waals surface area contributed by atoms with E-state index in [2.05, 4.69) is 15.5 Å². The SMILES string of the molecule is CC(C)C(O)CNC(=O)CCc1nc(-c2ccoc2)no1. The summed E-state index contributed by atoms with van der Waals surface area (Å²) in [5.41, 5.74) is 0.731. The number of carbonyl (C=O) groups is 1. The molecule has 21 heavy (non-hydrogen) atoms. The molecular formula is C14H19N3O4. The first kappa shape index (κ1) is 15.2. The lowest BCUT2D eigenvalue weighted by Gasteiger charge is -2.14. The van der Waals surface area contributed by atoms with E-state index in [1.54, 1.807) is 6.07 Å². The minimum atomic E-state index is -0.537. The van der Waals surface area contributed by atoms with E-state index >= 15 is 0 Å². The second-order valence-corrected chi connectivity index (χ2v) is 5.14. The summed E-state index contributed by atoms with van der Waals surface area (Å²) in [6.45, 7) is 4.04. The van der Waals surface area contributed by atoms with Gasteiger partial charge in [-0.1, -0.05) is 19.0 Å². The summed E-state index contributed by atoms with van der Waals surface area (Å²) in [6.07, 6.45) is 3.10. The summed E-state index contributed by atoms with van der Waals surface area (Å²) in [6, 6.07) is 1.73. The van der Waals surface area contributed by atoms with Gasteiger partial charge in [-0.25, -0.2) is 0 Å². The van der Waals surface area contributed by atoms with Crippen LogP contribution in [0.2, 0.25) is 0 Å². The molecule has 1 atom stereocenters. The van der Waals surface area contributed by atoms with Crippen LogP contribution in [0.25, 0.3) is 11.4 Å². The minimum Gasteiger partial charge on any atom is -0.472 e. The topological polar surface area (TPSA) is 101 Å². The average molecular weight is 293 g/mol. The molecule has 1 unspecified atom stereocenters. The smallest absolute Gasteiger partial charge is 0.227 e. The molecule has 2 rings (SSSR count). The monoisotopic (exact) mass is 293 g/mol. The zero-order valence-electron chi connectivity index (χ0n) is 12.1. The third-order valence-corrected chi connectivity index (χ3v) is 3.09. The number of hydrogen-bond acceptors (Lipinski definition) is 6. The molecule has 7 nitrogen and oxygen atoms in total. The fourth-order valence-corrected chi connectivity index (χ4v) is 1.63. The Bertz CT molecular complexity index is 563. The van der Waals surface area contributed by atoms with E-state index in [-0.39, 0.29) is 24.8 Å². The molecule has 0 fully saturated rings. The lowest BCUT2D eigenvalue weighted by atomic mass is 10.1. The van der Waals surface area contributed by atoms with Crippen molar-refractivity contribution < 1.29 is 18.8 Å². The number of nitrogens with one attached hydrogen (secondary N) is 1. The van der Waals surface area contributed by atoms with E-state index in [9.17, 15) is 9.90 Å². The van der Waals surface area contributed by atoms with Gasteiger partial charge in [0.2, 0.25) is 17.6 Å². The van der Waals surface area contributed by atoms with Crippen molar-refractivity contribution in [3.8, 4) is 11.4 Å². The van der Waals surface area contributed by atoms with Crippen molar-refractivity contribution >= 4 is 5.91 Å². The first-order valence-electron chi connectivity index (χ1n) is 6.86. The van der Waals surface area contributed by atoms with Gasteiger partial charge in [0.1, 0.15) is 6.26 Å². The molecular weight excluding hydrogens is 274 g/mol. The van der Waals surface area contributed by atoms with Crippen molar-refractivity contribution in [2.45, 2.75) is 32.8 Å². The first-order valence-corrected chi connectivity index (χ1v) is 6.86. The highest BCUT2D eigenvalue weighted by molar-refractivity contribution is 5.76. The van der Waals surface area contributed by atoms with Gasteiger partial charge in [-0.05, 0) is 12.0 Å². The van der Waals surface area contributed by atoms with Crippen LogP contribution in [0, 0.1) is 5.92 Å². The molecule has 2 N–H and O–H groups in total. The number of carbonyl (C=O) groups excluding carboxylic acids is 1. The molecule has 2 aromatic heterocycles. The second-order valence-electron chi connectivity index (χ2n) is 5.14. The van der Waals surface area contributed by atoms with E-state index in [1.165, 1.54) is 12.5 Å². The average Bonchev–Trinajstić information content (AvgIpc) is 3.12. The summed E-state index contributed by atoms with van der Waals surface area (Å²) >= 11 is 0. The number of aliphatic hydroxyl groups excluding tert-OH is 1. The molecule has 0 radical (unpaired) electrons. The molecule has 0 saturated carbocycles. The van der Waals surface area contributed by atoms with E-state index < -0.39 is 6.10 Å². The summed E-state index contributed by atoms with van der Waals surface area (Å²) < 4.78 is 10.0. The van der Waals surface area contributed by atoms with Gasteiger partial charge in [-0.2, -0.15) is 4.98 Å². The summed E-state index contributed by atoms with van der Waals surface area (Å²) in [5.74, 6) is 0.789. The van der Waals surface area contributed by atoms with E-state index in [1.807, 2.05) is 13.8 Å². The molecule has 0 aromatic carbocycles. The normalized spacial score (nSPS) is 12.6. The Morgan fingerprint density at radius 3 is 2.95 bits per heavy atom. The van der Waals surface area contributed by atoms with Gasteiger partial charge in [-0.15, -0.1) is 0 Å². The number of nitrogens with zero attached hydrogens (tertiary/aromatic N) is 2. The molecule has 0 aliphatic heterocycles. The number of aryl methyl sites for hydroxylation is 1. The van der Waals surface area contributed by atoms with Crippen molar-refractivity contribution in [2.24, 2.45) is 5.92 Å². The predicted octanol–water partition coefficient (Wildman–Crippen LogP) is 1.40. The molecule has 0 aliphatic carbocycles. The number of hydrogen-bond donors (Lipinski definition) is 2. The van der Waals surface area contributed by atoms with Crippen LogP contribution in [-0.2, 0) is 11.2 Å². The van der Waals surface area contributed by atoms with Crippen molar-refractivity contribution in [1.82, 2.24) is 15.5 Å². The number of amides is 1. The van der Waals surface area contributed by atoms with Crippen LogP contribution in [0.3, 0.4) is 0 Å². The fourth-order valence-electron chi connectivity index (χ4n) is 1.63. The van der Waals surface area contributed by atoms with Gasteiger partial charge in [-0.3, -0.25) is 4.79 Å². The van der Waals surface area contributed by atoms with Crippen LogP contribution >= 0.6 is 0 Å².